The third-order valence-corrected chi connectivity index (χ3v) is 3.98. The molecule has 0 unspecified atom stereocenters. The fourth-order valence-corrected chi connectivity index (χ4v) is 2.64. The molecule has 5 nitrogen and oxygen atoms in total. The third-order valence-electron chi connectivity index (χ3n) is 3.98. The van der Waals surface area contributed by atoms with Gasteiger partial charge in [-0.2, -0.15) is 0 Å². The van der Waals surface area contributed by atoms with Crippen molar-refractivity contribution in [3.05, 3.63) is 59.0 Å². The van der Waals surface area contributed by atoms with E-state index in [9.17, 15) is 14.0 Å². The number of aromatic nitrogens is 1. The zero-order valence-electron chi connectivity index (χ0n) is 13.6. The van der Waals surface area contributed by atoms with Gasteiger partial charge in [0.15, 0.2) is 11.6 Å². The molecular formula is C18H18FN3O2. The first-order chi connectivity index (χ1) is 11.4. The van der Waals surface area contributed by atoms with E-state index in [1.807, 2.05) is 31.2 Å². The van der Waals surface area contributed by atoms with Crippen LogP contribution in [-0.4, -0.2) is 34.8 Å². The molecule has 2 heterocycles. The molecule has 1 aliphatic rings. The number of aryl methyl sites for hydroxylation is 2. The van der Waals surface area contributed by atoms with Crippen molar-refractivity contribution in [3.8, 4) is 0 Å². The maximum atomic E-state index is 14.0. The second-order valence-corrected chi connectivity index (χ2v) is 6.03. The third kappa shape index (κ3) is 3.27. The summed E-state index contributed by atoms with van der Waals surface area (Å²) in [6, 6.07) is 9.09. The standard InChI is InChI=1S/C18H18FN3O2/c1-12-3-5-14(6-4-12)9-21-10-17(24)22(11-16(21)23)18-15(19)7-13(2)8-20-18/h3-8H,9-11H2,1-2H3. The lowest BCUT2D eigenvalue weighted by molar-refractivity contribution is -0.138. The number of carbonyl (C=O) groups is 2. The molecule has 0 radical (unpaired) electrons. The minimum absolute atomic E-state index is 0.0816. The minimum Gasteiger partial charge on any atom is -0.327 e. The van der Waals surface area contributed by atoms with Crippen molar-refractivity contribution in [1.82, 2.24) is 9.88 Å². The molecule has 0 bridgehead atoms. The van der Waals surface area contributed by atoms with Gasteiger partial charge in [-0.15, -0.1) is 0 Å². The summed E-state index contributed by atoms with van der Waals surface area (Å²) in [6.07, 6.45) is 1.48. The van der Waals surface area contributed by atoms with Gasteiger partial charge in [0.25, 0.3) is 0 Å². The van der Waals surface area contributed by atoms with Gasteiger partial charge in [-0.3, -0.25) is 14.5 Å². The number of hydrogen-bond acceptors (Lipinski definition) is 3. The van der Waals surface area contributed by atoms with Gasteiger partial charge in [-0.1, -0.05) is 29.8 Å². The highest BCUT2D eigenvalue weighted by molar-refractivity contribution is 6.04. The smallest absolute Gasteiger partial charge is 0.248 e. The molecule has 1 aromatic heterocycles. The van der Waals surface area contributed by atoms with Gasteiger partial charge >= 0.3 is 0 Å². The average molecular weight is 327 g/mol. The van der Waals surface area contributed by atoms with E-state index in [1.165, 1.54) is 17.2 Å². The number of pyridine rings is 1. The maximum Gasteiger partial charge on any atom is 0.248 e. The minimum atomic E-state index is -0.594. The summed E-state index contributed by atoms with van der Waals surface area (Å²) >= 11 is 0. The molecule has 6 heteroatoms. The predicted octanol–water partition coefficient (Wildman–Crippen LogP) is 2.21. The van der Waals surface area contributed by atoms with Crippen molar-refractivity contribution in [2.24, 2.45) is 0 Å². The highest BCUT2D eigenvalue weighted by Gasteiger charge is 2.32. The lowest BCUT2D eigenvalue weighted by atomic mass is 10.1. The van der Waals surface area contributed by atoms with E-state index in [0.29, 0.717) is 12.1 Å². The molecule has 24 heavy (non-hydrogen) atoms. The fourth-order valence-electron chi connectivity index (χ4n) is 2.64. The summed E-state index contributed by atoms with van der Waals surface area (Å²) in [7, 11) is 0. The van der Waals surface area contributed by atoms with Crippen LogP contribution in [0.4, 0.5) is 10.2 Å². The molecule has 2 aromatic rings. The Morgan fingerprint density at radius 1 is 1.04 bits per heavy atom. The number of hydrogen-bond donors (Lipinski definition) is 0. The van der Waals surface area contributed by atoms with E-state index in [0.717, 1.165) is 16.0 Å². The number of rotatable bonds is 3. The fraction of sp³-hybridized carbons (Fsp3) is 0.278. The zero-order chi connectivity index (χ0) is 17.3. The van der Waals surface area contributed by atoms with Gasteiger partial charge in [-0.05, 0) is 31.0 Å². The Kier molecular flexibility index (Phi) is 4.29. The monoisotopic (exact) mass is 327 g/mol. The van der Waals surface area contributed by atoms with E-state index in [1.54, 1.807) is 6.92 Å². The lowest BCUT2D eigenvalue weighted by Gasteiger charge is -2.33. The van der Waals surface area contributed by atoms with Crippen molar-refractivity contribution in [3.63, 3.8) is 0 Å². The Morgan fingerprint density at radius 2 is 1.75 bits per heavy atom. The van der Waals surface area contributed by atoms with Crippen LogP contribution in [0.2, 0.25) is 0 Å². The van der Waals surface area contributed by atoms with Crippen LogP contribution < -0.4 is 4.90 Å². The topological polar surface area (TPSA) is 53.5 Å². The number of benzene rings is 1. The Morgan fingerprint density at radius 3 is 2.42 bits per heavy atom. The van der Waals surface area contributed by atoms with Gasteiger partial charge in [0.2, 0.25) is 11.8 Å². The SMILES string of the molecule is Cc1ccc(CN2CC(=O)N(c3ncc(C)cc3F)CC2=O)cc1. The summed E-state index contributed by atoms with van der Waals surface area (Å²) in [4.78, 5) is 31.3. The molecule has 0 aliphatic carbocycles. The number of piperazine rings is 1. The van der Waals surface area contributed by atoms with Crippen LogP contribution in [0.5, 0.6) is 0 Å². The number of nitrogens with zero attached hydrogens (tertiary/aromatic N) is 3. The molecule has 1 aliphatic heterocycles. The maximum absolute atomic E-state index is 14.0. The number of anilines is 1. The summed E-state index contributed by atoms with van der Waals surface area (Å²) in [5, 5.41) is 0. The van der Waals surface area contributed by atoms with Gasteiger partial charge in [0.1, 0.15) is 13.1 Å². The van der Waals surface area contributed by atoms with Gasteiger partial charge < -0.3 is 4.90 Å². The second kappa shape index (κ2) is 6.39. The van der Waals surface area contributed by atoms with Crippen molar-refractivity contribution in [2.75, 3.05) is 18.0 Å². The normalized spacial score (nSPS) is 15.1. The first-order valence-electron chi connectivity index (χ1n) is 7.70. The second-order valence-electron chi connectivity index (χ2n) is 6.03. The van der Waals surface area contributed by atoms with Crippen LogP contribution in [0.25, 0.3) is 0 Å². The van der Waals surface area contributed by atoms with E-state index in [-0.39, 0.29) is 30.7 Å². The first kappa shape index (κ1) is 16.1. The van der Waals surface area contributed by atoms with Gasteiger partial charge in [0, 0.05) is 12.7 Å². The zero-order valence-corrected chi connectivity index (χ0v) is 13.6. The highest BCUT2D eigenvalue weighted by Crippen LogP contribution is 2.20. The Hall–Kier alpha value is -2.76. The van der Waals surface area contributed by atoms with E-state index < -0.39 is 5.82 Å². The van der Waals surface area contributed by atoms with E-state index in [2.05, 4.69) is 4.98 Å². The molecule has 124 valence electrons. The molecule has 1 fully saturated rings. The highest BCUT2D eigenvalue weighted by atomic mass is 19.1. The molecule has 1 aromatic carbocycles. The van der Waals surface area contributed by atoms with Gasteiger partial charge in [-0.25, -0.2) is 9.37 Å². The molecule has 1 saturated heterocycles. The molecule has 2 amide bonds. The Balaban J connectivity index is 1.75. The van der Waals surface area contributed by atoms with Crippen molar-refractivity contribution in [2.45, 2.75) is 20.4 Å². The van der Waals surface area contributed by atoms with E-state index in [4.69, 9.17) is 0 Å². The predicted molar refractivity (Wildman–Crippen MR) is 87.9 cm³/mol. The van der Waals surface area contributed by atoms with Crippen LogP contribution in [0.1, 0.15) is 16.7 Å². The molecule has 0 atom stereocenters. The van der Waals surface area contributed by atoms with E-state index >= 15 is 0 Å². The lowest BCUT2D eigenvalue weighted by Crippen LogP contribution is -2.54. The number of halogens is 1. The average Bonchev–Trinajstić information content (AvgIpc) is 2.53. The van der Waals surface area contributed by atoms with Crippen LogP contribution in [-0.2, 0) is 16.1 Å². The number of amides is 2. The summed E-state index contributed by atoms with van der Waals surface area (Å²) in [5.74, 6) is -1.24. The molecule has 0 spiro atoms. The van der Waals surface area contributed by atoms with Crippen LogP contribution in [0.15, 0.2) is 36.5 Å². The van der Waals surface area contributed by atoms with Crippen molar-refractivity contribution in [1.29, 1.82) is 0 Å². The summed E-state index contributed by atoms with van der Waals surface area (Å²) in [6.45, 7) is 3.79. The first-order valence-corrected chi connectivity index (χ1v) is 7.70. The van der Waals surface area contributed by atoms with Crippen LogP contribution in [0.3, 0.4) is 0 Å². The number of carbonyl (C=O) groups excluding carboxylic acids is 2. The molecule has 0 saturated carbocycles. The van der Waals surface area contributed by atoms with Crippen LogP contribution >= 0.6 is 0 Å². The van der Waals surface area contributed by atoms with Crippen molar-refractivity contribution < 1.29 is 14.0 Å². The molecule has 0 N–H and O–H groups in total. The largest absolute Gasteiger partial charge is 0.327 e. The molecular weight excluding hydrogens is 309 g/mol. The quantitative estimate of drug-likeness (QED) is 0.868. The van der Waals surface area contributed by atoms with Gasteiger partial charge in [0.05, 0.1) is 0 Å². The van der Waals surface area contributed by atoms with Crippen LogP contribution in [0, 0.1) is 19.7 Å². The summed E-state index contributed by atoms with van der Waals surface area (Å²) < 4.78 is 14.0. The van der Waals surface area contributed by atoms with Crippen molar-refractivity contribution >= 4 is 17.6 Å². The Labute approximate surface area is 139 Å². The Bertz CT molecular complexity index is 789. The molecule has 3 rings (SSSR count). The summed E-state index contributed by atoms with van der Waals surface area (Å²) in [5.41, 5.74) is 2.75.